The lowest BCUT2D eigenvalue weighted by Crippen LogP contribution is -2.38. The van der Waals surface area contributed by atoms with Crippen molar-refractivity contribution in [2.45, 2.75) is 52.3 Å². The number of hydrazine groups is 1. The molecule has 1 radical (unpaired) electrons. The van der Waals surface area contributed by atoms with Crippen LogP contribution in [0.15, 0.2) is 12.1 Å². The number of ether oxygens (including phenoxy) is 1. The van der Waals surface area contributed by atoms with E-state index >= 15 is 0 Å². The van der Waals surface area contributed by atoms with E-state index in [1.807, 2.05) is 5.43 Å². The number of hydrogen-bond donors (Lipinski definition) is 5. The third kappa shape index (κ3) is 3.54. The van der Waals surface area contributed by atoms with E-state index in [0.29, 0.717) is 28.9 Å². The molecule has 3 rings (SSSR count). The lowest BCUT2D eigenvalue weighted by molar-refractivity contribution is -0.139. The number of aromatic hydroxyl groups is 1. The number of phenols is 1. The van der Waals surface area contributed by atoms with Gasteiger partial charge in [0.15, 0.2) is 0 Å². The van der Waals surface area contributed by atoms with Gasteiger partial charge >= 0.3 is 6.18 Å². The maximum absolute atomic E-state index is 14.1. The Bertz CT molecular complexity index is 1020. The fraction of sp³-hybridized carbons (Fsp3) is 0.381. The maximum atomic E-state index is 14.1. The van der Waals surface area contributed by atoms with Gasteiger partial charge in [-0.05, 0) is 69.4 Å². The van der Waals surface area contributed by atoms with Crippen LogP contribution in [0, 0.1) is 32.2 Å². The van der Waals surface area contributed by atoms with E-state index < -0.39 is 23.3 Å². The molecule has 1 atom stereocenters. The molecular formula is C21H24F3N4O2. The first kappa shape index (κ1) is 21.8. The lowest BCUT2D eigenvalue weighted by atomic mass is 9.81. The highest BCUT2D eigenvalue weighted by Gasteiger charge is 2.45. The van der Waals surface area contributed by atoms with Gasteiger partial charge in [0.2, 0.25) is 5.96 Å². The highest BCUT2D eigenvalue weighted by Crippen LogP contribution is 2.49. The number of benzene rings is 2. The van der Waals surface area contributed by atoms with Gasteiger partial charge in [-0.25, -0.2) is 5.84 Å². The van der Waals surface area contributed by atoms with Gasteiger partial charge in [0.25, 0.3) is 0 Å². The molecule has 161 valence electrons. The molecule has 0 aliphatic carbocycles. The number of halogens is 3. The van der Waals surface area contributed by atoms with Crippen LogP contribution in [-0.2, 0) is 18.2 Å². The zero-order chi connectivity index (χ0) is 22.4. The predicted molar refractivity (Wildman–Crippen MR) is 108 cm³/mol. The van der Waals surface area contributed by atoms with E-state index in [-0.39, 0.29) is 23.4 Å². The molecule has 0 amide bonds. The Morgan fingerprint density at radius 3 is 2.53 bits per heavy atom. The number of nitrogens with two attached hydrogens (primary N) is 1. The minimum atomic E-state index is -4.72. The fourth-order valence-corrected chi connectivity index (χ4v) is 3.91. The van der Waals surface area contributed by atoms with Gasteiger partial charge in [-0.15, -0.1) is 0 Å². The molecule has 1 unspecified atom stereocenters. The molecule has 6 nitrogen and oxygen atoms in total. The van der Waals surface area contributed by atoms with Gasteiger partial charge in [0.05, 0.1) is 11.3 Å². The van der Waals surface area contributed by atoms with Crippen LogP contribution in [0.25, 0.3) is 0 Å². The maximum Gasteiger partial charge on any atom is 0.418 e. The second kappa shape index (κ2) is 7.39. The van der Waals surface area contributed by atoms with Crippen molar-refractivity contribution in [3.63, 3.8) is 0 Å². The number of anilines is 1. The van der Waals surface area contributed by atoms with Crippen molar-refractivity contribution in [2.24, 2.45) is 5.84 Å². The zero-order valence-corrected chi connectivity index (χ0v) is 17.1. The first-order valence-electron chi connectivity index (χ1n) is 9.36. The summed E-state index contributed by atoms with van der Waals surface area (Å²) in [6.07, 6.45) is -4.01. The third-order valence-electron chi connectivity index (χ3n) is 5.73. The quantitative estimate of drug-likeness (QED) is 0.217. The van der Waals surface area contributed by atoms with Crippen LogP contribution < -0.4 is 21.3 Å². The highest BCUT2D eigenvalue weighted by atomic mass is 19.4. The molecule has 1 heterocycles. The summed E-state index contributed by atoms with van der Waals surface area (Å²) in [4.78, 5) is 0. The smallest absolute Gasteiger partial charge is 0.418 e. The number of hydrogen-bond acceptors (Lipinski definition) is 4. The van der Waals surface area contributed by atoms with Crippen molar-refractivity contribution in [2.75, 3.05) is 5.32 Å². The summed E-state index contributed by atoms with van der Waals surface area (Å²) in [7, 11) is 0. The van der Waals surface area contributed by atoms with Crippen molar-refractivity contribution >= 4 is 11.6 Å². The van der Waals surface area contributed by atoms with Gasteiger partial charge in [0.1, 0.15) is 17.1 Å². The van der Waals surface area contributed by atoms with Crippen LogP contribution in [0.5, 0.6) is 11.5 Å². The summed E-state index contributed by atoms with van der Waals surface area (Å²) in [6.45, 7) is 6.90. The number of nitrogens with one attached hydrogen (secondary N) is 3. The molecule has 0 saturated carbocycles. The molecule has 1 aliphatic heterocycles. The molecule has 6 N–H and O–H groups in total. The third-order valence-corrected chi connectivity index (χ3v) is 5.73. The average Bonchev–Trinajstić information content (AvgIpc) is 2.69. The van der Waals surface area contributed by atoms with E-state index in [0.717, 1.165) is 5.56 Å². The summed E-state index contributed by atoms with van der Waals surface area (Å²) >= 11 is 0. The molecule has 1 aliphatic rings. The Morgan fingerprint density at radius 2 is 1.93 bits per heavy atom. The summed E-state index contributed by atoms with van der Waals surface area (Å²) in [6, 6.07) is 5.27. The van der Waals surface area contributed by atoms with Gasteiger partial charge in [-0.2, -0.15) is 13.2 Å². The topological polar surface area (TPSA) is 103 Å². The number of guanidine groups is 1. The SMILES string of the molecule is Cc1c(C)c2c(c(C)c1O)CCC(C)(c1[c]ccc(NC(=N)NN)c1C(F)(F)F)O2. The molecule has 0 aromatic heterocycles. The Kier molecular flexibility index (Phi) is 5.36. The minimum absolute atomic E-state index is 0.154. The number of fused-ring (bicyclic) bond motifs is 1. The largest absolute Gasteiger partial charge is 0.507 e. The minimum Gasteiger partial charge on any atom is -0.507 e. The summed E-state index contributed by atoms with van der Waals surface area (Å²) in [5, 5.41) is 20.2. The normalized spacial score (nSPS) is 18.4. The Morgan fingerprint density at radius 1 is 1.27 bits per heavy atom. The molecule has 0 fully saturated rings. The first-order chi connectivity index (χ1) is 13.9. The van der Waals surface area contributed by atoms with Gasteiger partial charge < -0.3 is 15.2 Å². The van der Waals surface area contributed by atoms with Gasteiger partial charge in [-0.3, -0.25) is 10.8 Å². The Balaban J connectivity index is 2.17. The molecule has 9 heteroatoms. The average molecular weight is 421 g/mol. The Labute approximate surface area is 172 Å². The van der Waals surface area contributed by atoms with Crippen LogP contribution in [0.2, 0.25) is 0 Å². The summed E-state index contributed by atoms with van der Waals surface area (Å²) < 4.78 is 48.4. The van der Waals surface area contributed by atoms with Crippen molar-refractivity contribution in [1.29, 1.82) is 5.41 Å². The zero-order valence-electron chi connectivity index (χ0n) is 17.1. The van der Waals surface area contributed by atoms with E-state index in [1.165, 1.54) is 12.1 Å². The predicted octanol–water partition coefficient (Wildman–Crippen LogP) is 4.19. The molecule has 0 bridgehead atoms. The van der Waals surface area contributed by atoms with Crippen molar-refractivity contribution < 1.29 is 23.0 Å². The lowest BCUT2D eigenvalue weighted by Gasteiger charge is -2.39. The van der Waals surface area contributed by atoms with Crippen molar-refractivity contribution in [1.82, 2.24) is 5.43 Å². The second-order valence-electron chi connectivity index (χ2n) is 7.65. The van der Waals surface area contributed by atoms with Gasteiger partial charge in [0, 0.05) is 11.1 Å². The van der Waals surface area contributed by atoms with Crippen LogP contribution in [0.1, 0.15) is 46.7 Å². The van der Waals surface area contributed by atoms with Crippen LogP contribution in [0.3, 0.4) is 0 Å². The highest BCUT2D eigenvalue weighted by molar-refractivity contribution is 5.91. The van der Waals surface area contributed by atoms with Crippen molar-refractivity contribution in [3.05, 3.63) is 51.6 Å². The van der Waals surface area contributed by atoms with Gasteiger partial charge in [-0.1, -0.05) is 6.07 Å². The van der Waals surface area contributed by atoms with E-state index in [2.05, 4.69) is 11.4 Å². The fourth-order valence-electron chi connectivity index (χ4n) is 3.91. The van der Waals surface area contributed by atoms with Crippen LogP contribution >= 0.6 is 0 Å². The molecule has 2 aromatic rings. The first-order valence-corrected chi connectivity index (χ1v) is 9.36. The summed E-state index contributed by atoms with van der Waals surface area (Å²) in [5.41, 5.74) is 2.03. The van der Waals surface area contributed by atoms with Crippen LogP contribution in [-0.4, -0.2) is 11.1 Å². The molecule has 0 spiro atoms. The summed E-state index contributed by atoms with van der Waals surface area (Å²) in [5.74, 6) is 5.32. The van der Waals surface area contributed by atoms with E-state index in [9.17, 15) is 18.3 Å². The van der Waals surface area contributed by atoms with E-state index in [1.54, 1.807) is 27.7 Å². The Hall–Kier alpha value is -2.94. The molecule has 2 aromatic carbocycles. The number of phenolic OH excluding ortho intramolecular Hbond substituents is 1. The van der Waals surface area contributed by atoms with E-state index in [4.69, 9.17) is 16.0 Å². The van der Waals surface area contributed by atoms with Crippen LogP contribution in [0.4, 0.5) is 18.9 Å². The monoisotopic (exact) mass is 421 g/mol. The second-order valence-corrected chi connectivity index (χ2v) is 7.65. The molecule has 30 heavy (non-hydrogen) atoms. The number of alkyl halides is 3. The standard InChI is InChI=1S/C21H24F3N4O2/c1-10-11(2)18-13(12(3)17(10)29)8-9-20(4,30-18)14-6-5-7-15(27-19(25)28-26)16(14)21(22,23)24/h5,7,29H,8-9,26H2,1-4H3,(H3,25,27,28). The van der Waals surface area contributed by atoms with Crippen molar-refractivity contribution in [3.8, 4) is 11.5 Å². The number of rotatable bonds is 2. The molecular weight excluding hydrogens is 397 g/mol. The molecule has 0 saturated heterocycles.